The molecule has 1 amide bonds. The number of amides is 1. The van der Waals surface area contributed by atoms with Gasteiger partial charge in [0, 0.05) is 13.1 Å². The maximum Gasteiger partial charge on any atom is 0.292 e. The van der Waals surface area contributed by atoms with Gasteiger partial charge in [-0.3, -0.25) is 4.79 Å². The van der Waals surface area contributed by atoms with Gasteiger partial charge in [0.25, 0.3) is 11.7 Å². The monoisotopic (exact) mass is 224 g/mol. The van der Waals surface area contributed by atoms with Crippen molar-refractivity contribution in [2.45, 2.75) is 19.8 Å². The summed E-state index contributed by atoms with van der Waals surface area (Å²) in [6, 6.07) is 0. The fraction of sp³-hybridized carbons (Fsp3) is 0.700. The van der Waals surface area contributed by atoms with Crippen molar-refractivity contribution in [3.8, 4) is 0 Å². The Kier molecular flexibility index (Phi) is 3.19. The highest BCUT2D eigenvalue weighted by atomic mass is 16.5. The standard InChI is InChI=1S/C10H16N4O2/c1-3-12-9(15)8-13-10(16-14-8)7-5-11-4-6(7)2/h6-7,11H,3-5H2,1-2H3,(H,12,15)/t6-,7-/m1/s1. The molecule has 6 heteroatoms. The first-order valence-corrected chi connectivity index (χ1v) is 5.55. The molecule has 0 radical (unpaired) electrons. The second-order valence-electron chi connectivity index (χ2n) is 4.06. The van der Waals surface area contributed by atoms with Crippen LogP contribution in [0.15, 0.2) is 4.52 Å². The molecule has 1 aliphatic rings. The Balaban J connectivity index is 2.10. The topological polar surface area (TPSA) is 80.0 Å². The molecule has 0 aliphatic carbocycles. The average Bonchev–Trinajstić information content (AvgIpc) is 2.86. The molecule has 0 spiro atoms. The third kappa shape index (κ3) is 2.06. The van der Waals surface area contributed by atoms with Gasteiger partial charge >= 0.3 is 0 Å². The molecular formula is C10H16N4O2. The summed E-state index contributed by atoms with van der Waals surface area (Å²) in [6.07, 6.45) is 0. The van der Waals surface area contributed by atoms with E-state index in [1.165, 1.54) is 0 Å². The summed E-state index contributed by atoms with van der Waals surface area (Å²) in [5.41, 5.74) is 0. The van der Waals surface area contributed by atoms with E-state index in [0.717, 1.165) is 13.1 Å². The van der Waals surface area contributed by atoms with Gasteiger partial charge in [-0.2, -0.15) is 4.98 Å². The predicted octanol–water partition coefficient (Wildman–Crippen LogP) is 0.142. The molecule has 2 N–H and O–H groups in total. The second-order valence-corrected chi connectivity index (χ2v) is 4.06. The average molecular weight is 224 g/mol. The molecule has 1 fully saturated rings. The van der Waals surface area contributed by atoms with Crippen molar-refractivity contribution in [3.05, 3.63) is 11.7 Å². The van der Waals surface area contributed by atoms with E-state index in [1.54, 1.807) is 0 Å². The van der Waals surface area contributed by atoms with Crippen molar-refractivity contribution in [1.82, 2.24) is 20.8 Å². The number of rotatable bonds is 3. The number of carbonyl (C=O) groups is 1. The molecule has 2 rings (SSSR count). The lowest BCUT2D eigenvalue weighted by atomic mass is 9.98. The number of nitrogens with zero attached hydrogens (tertiary/aromatic N) is 2. The number of carbonyl (C=O) groups excluding carboxylic acids is 1. The van der Waals surface area contributed by atoms with E-state index in [9.17, 15) is 4.79 Å². The molecule has 1 aliphatic heterocycles. The van der Waals surface area contributed by atoms with E-state index in [2.05, 4.69) is 27.7 Å². The van der Waals surface area contributed by atoms with Gasteiger partial charge in [-0.15, -0.1) is 0 Å². The van der Waals surface area contributed by atoms with Crippen molar-refractivity contribution in [2.75, 3.05) is 19.6 Å². The molecule has 88 valence electrons. The fourth-order valence-electron chi connectivity index (χ4n) is 1.86. The van der Waals surface area contributed by atoms with Crippen LogP contribution >= 0.6 is 0 Å². The number of nitrogens with one attached hydrogen (secondary N) is 2. The lowest BCUT2D eigenvalue weighted by Gasteiger charge is -2.07. The summed E-state index contributed by atoms with van der Waals surface area (Å²) in [5, 5.41) is 9.58. The molecule has 2 heterocycles. The Labute approximate surface area is 93.8 Å². The van der Waals surface area contributed by atoms with Crippen molar-refractivity contribution >= 4 is 5.91 Å². The Morgan fingerprint density at radius 2 is 2.44 bits per heavy atom. The van der Waals surface area contributed by atoms with Crippen LogP contribution in [0.1, 0.15) is 36.3 Å². The highest BCUT2D eigenvalue weighted by molar-refractivity contribution is 5.90. The molecule has 2 atom stereocenters. The zero-order chi connectivity index (χ0) is 11.5. The van der Waals surface area contributed by atoms with E-state index in [-0.39, 0.29) is 17.6 Å². The lowest BCUT2D eigenvalue weighted by molar-refractivity contribution is 0.0942. The normalized spacial score (nSPS) is 24.6. The second kappa shape index (κ2) is 4.61. The highest BCUT2D eigenvalue weighted by Gasteiger charge is 2.30. The zero-order valence-electron chi connectivity index (χ0n) is 9.49. The summed E-state index contributed by atoms with van der Waals surface area (Å²) in [7, 11) is 0. The van der Waals surface area contributed by atoms with Gasteiger partial charge in [0.1, 0.15) is 0 Å². The minimum absolute atomic E-state index is 0.121. The predicted molar refractivity (Wildman–Crippen MR) is 57.1 cm³/mol. The molecule has 0 bridgehead atoms. The van der Waals surface area contributed by atoms with Gasteiger partial charge in [-0.05, 0) is 19.4 Å². The highest BCUT2D eigenvalue weighted by Crippen LogP contribution is 2.25. The Morgan fingerprint density at radius 3 is 3.06 bits per heavy atom. The molecular weight excluding hydrogens is 208 g/mol. The van der Waals surface area contributed by atoms with Crippen LogP contribution in [0, 0.1) is 5.92 Å². The summed E-state index contributed by atoms with van der Waals surface area (Å²) in [5.74, 6) is 1.07. The fourth-order valence-corrected chi connectivity index (χ4v) is 1.86. The van der Waals surface area contributed by atoms with Crippen molar-refractivity contribution in [2.24, 2.45) is 5.92 Å². The number of hydrogen-bond acceptors (Lipinski definition) is 5. The van der Waals surface area contributed by atoms with E-state index in [4.69, 9.17) is 4.52 Å². The van der Waals surface area contributed by atoms with Crippen LogP contribution in [0.25, 0.3) is 0 Å². The van der Waals surface area contributed by atoms with E-state index < -0.39 is 0 Å². The molecule has 0 aromatic carbocycles. The minimum atomic E-state index is -0.281. The van der Waals surface area contributed by atoms with Crippen LogP contribution in [0.5, 0.6) is 0 Å². The largest absolute Gasteiger partial charge is 0.349 e. The third-order valence-electron chi connectivity index (χ3n) is 2.82. The van der Waals surface area contributed by atoms with Crippen molar-refractivity contribution < 1.29 is 9.32 Å². The maximum atomic E-state index is 11.4. The molecule has 1 saturated heterocycles. The first-order chi connectivity index (χ1) is 7.72. The van der Waals surface area contributed by atoms with Crippen LogP contribution in [-0.2, 0) is 0 Å². The van der Waals surface area contributed by atoms with Gasteiger partial charge in [0.05, 0.1) is 5.92 Å². The zero-order valence-corrected chi connectivity index (χ0v) is 9.49. The smallest absolute Gasteiger partial charge is 0.292 e. The van der Waals surface area contributed by atoms with Gasteiger partial charge in [0.2, 0.25) is 5.89 Å². The van der Waals surface area contributed by atoms with Crippen LogP contribution < -0.4 is 10.6 Å². The third-order valence-corrected chi connectivity index (χ3v) is 2.82. The molecule has 1 aromatic rings. The van der Waals surface area contributed by atoms with Crippen molar-refractivity contribution in [1.29, 1.82) is 0 Å². The summed E-state index contributed by atoms with van der Waals surface area (Å²) in [4.78, 5) is 15.6. The molecule has 16 heavy (non-hydrogen) atoms. The van der Waals surface area contributed by atoms with E-state index >= 15 is 0 Å². The molecule has 6 nitrogen and oxygen atoms in total. The molecule has 1 aromatic heterocycles. The van der Waals surface area contributed by atoms with Crippen molar-refractivity contribution in [3.63, 3.8) is 0 Å². The maximum absolute atomic E-state index is 11.4. The van der Waals surface area contributed by atoms with E-state index in [1.807, 2.05) is 6.92 Å². The Hall–Kier alpha value is -1.43. The molecule has 0 saturated carbocycles. The first kappa shape index (κ1) is 11.1. The van der Waals surface area contributed by atoms with Crippen LogP contribution in [0.4, 0.5) is 0 Å². The summed E-state index contributed by atoms with van der Waals surface area (Å²) < 4.78 is 5.12. The lowest BCUT2D eigenvalue weighted by Crippen LogP contribution is -2.24. The van der Waals surface area contributed by atoms with Gasteiger partial charge < -0.3 is 15.2 Å². The quantitative estimate of drug-likeness (QED) is 0.763. The van der Waals surface area contributed by atoms with E-state index in [0.29, 0.717) is 18.4 Å². The van der Waals surface area contributed by atoms with Crippen LogP contribution in [0.2, 0.25) is 0 Å². The van der Waals surface area contributed by atoms with Gasteiger partial charge in [0.15, 0.2) is 0 Å². The van der Waals surface area contributed by atoms with Gasteiger partial charge in [-0.1, -0.05) is 12.1 Å². The minimum Gasteiger partial charge on any atom is -0.349 e. The molecule has 0 unspecified atom stereocenters. The number of hydrogen-bond donors (Lipinski definition) is 2. The summed E-state index contributed by atoms with van der Waals surface area (Å²) >= 11 is 0. The SMILES string of the molecule is CCNC(=O)c1noc([C@@H]2CNC[C@H]2C)n1. The van der Waals surface area contributed by atoms with Crippen LogP contribution in [0.3, 0.4) is 0 Å². The number of aromatic nitrogens is 2. The Morgan fingerprint density at radius 1 is 1.62 bits per heavy atom. The summed E-state index contributed by atoms with van der Waals surface area (Å²) in [6.45, 7) is 6.31. The van der Waals surface area contributed by atoms with Gasteiger partial charge in [-0.25, -0.2) is 0 Å². The van der Waals surface area contributed by atoms with Crippen LogP contribution in [-0.4, -0.2) is 35.7 Å². The Bertz CT molecular complexity index is 377. The first-order valence-electron chi connectivity index (χ1n) is 5.55.